The van der Waals surface area contributed by atoms with Gasteiger partial charge in [0, 0.05) is 31.6 Å². The van der Waals surface area contributed by atoms with E-state index in [4.69, 9.17) is 4.74 Å². The first kappa shape index (κ1) is 21.7. The Labute approximate surface area is 167 Å². The van der Waals surface area contributed by atoms with Crippen LogP contribution in [0, 0.1) is 0 Å². The van der Waals surface area contributed by atoms with Crippen molar-refractivity contribution in [3.05, 3.63) is 34.8 Å². The van der Waals surface area contributed by atoms with Crippen LogP contribution in [0.5, 0.6) is 11.5 Å². The number of thiazole rings is 1. The summed E-state index contributed by atoms with van der Waals surface area (Å²) in [6, 6.07) is 4.65. The number of halogens is 2. The molecule has 0 spiro atoms. The predicted molar refractivity (Wildman–Crippen MR) is 108 cm³/mol. The number of rotatable bonds is 9. The van der Waals surface area contributed by atoms with Crippen LogP contribution in [0.1, 0.15) is 18.2 Å². The van der Waals surface area contributed by atoms with Gasteiger partial charge in [-0.2, -0.15) is 8.78 Å². The summed E-state index contributed by atoms with van der Waals surface area (Å²) in [6.07, 6.45) is 0. The van der Waals surface area contributed by atoms with E-state index in [1.54, 1.807) is 23.5 Å². The minimum absolute atomic E-state index is 0.0746. The summed E-state index contributed by atoms with van der Waals surface area (Å²) in [5, 5.41) is 9.21. The van der Waals surface area contributed by atoms with Gasteiger partial charge in [0.25, 0.3) is 0 Å². The monoisotopic (exact) mass is 413 g/mol. The van der Waals surface area contributed by atoms with E-state index in [1.807, 2.05) is 31.3 Å². The van der Waals surface area contributed by atoms with Gasteiger partial charge in [0.05, 0.1) is 25.9 Å². The average Bonchev–Trinajstić information content (AvgIpc) is 3.14. The number of nitrogens with one attached hydrogen (secondary N) is 2. The molecule has 1 aromatic heterocycles. The Balaban J connectivity index is 2.10. The van der Waals surface area contributed by atoms with E-state index in [1.165, 1.54) is 13.2 Å². The molecule has 0 fully saturated rings. The van der Waals surface area contributed by atoms with Crippen molar-refractivity contribution in [3.8, 4) is 11.5 Å². The molecule has 0 radical (unpaired) electrons. The maximum Gasteiger partial charge on any atom is 0.387 e. The fourth-order valence-corrected chi connectivity index (χ4v) is 3.04. The molecule has 0 saturated heterocycles. The Morgan fingerprint density at radius 3 is 2.71 bits per heavy atom. The Morgan fingerprint density at radius 1 is 1.32 bits per heavy atom. The van der Waals surface area contributed by atoms with Crippen molar-refractivity contribution >= 4 is 22.4 Å². The quantitative estimate of drug-likeness (QED) is 0.486. The number of aromatic nitrogens is 1. The van der Waals surface area contributed by atoms with Gasteiger partial charge in [-0.3, -0.25) is 0 Å². The molecule has 0 bridgehead atoms. The van der Waals surface area contributed by atoms with E-state index < -0.39 is 6.61 Å². The lowest BCUT2D eigenvalue weighted by Gasteiger charge is -2.13. The Morgan fingerprint density at radius 2 is 2.11 bits per heavy atom. The summed E-state index contributed by atoms with van der Waals surface area (Å²) in [6.45, 7) is 0.340. The zero-order chi connectivity index (χ0) is 20.5. The normalized spacial score (nSPS) is 11.5. The maximum absolute atomic E-state index is 12.6. The first-order chi connectivity index (χ1) is 13.4. The van der Waals surface area contributed by atoms with Gasteiger partial charge >= 0.3 is 6.61 Å². The molecule has 1 heterocycles. The largest absolute Gasteiger partial charge is 0.497 e. The van der Waals surface area contributed by atoms with Crippen LogP contribution in [0.4, 0.5) is 13.9 Å². The number of ether oxygens (including phenoxy) is 2. The third-order valence-electron chi connectivity index (χ3n) is 3.59. The van der Waals surface area contributed by atoms with Gasteiger partial charge in [-0.1, -0.05) is 0 Å². The first-order valence-electron chi connectivity index (χ1n) is 8.68. The first-order valence-corrected chi connectivity index (χ1v) is 9.56. The van der Waals surface area contributed by atoms with Gasteiger partial charge in [0.1, 0.15) is 11.5 Å². The molecule has 0 unspecified atom stereocenters. The number of benzene rings is 1. The summed E-state index contributed by atoms with van der Waals surface area (Å²) in [7, 11) is 5.39. The lowest BCUT2D eigenvalue weighted by Crippen LogP contribution is -2.36. The summed E-state index contributed by atoms with van der Waals surface area (Å²) in [5.74, 6) is 1.17. The number of methoxy groups -OCH3 is 1. The minimum atomic E-state index is -2.90. The van der Waals surface area contributed by atoms with Crippen molar-refractivity contribution in [1.29, 1.82) is 0 Å². The highest BCUT2D eigenvalue weighted by Gasteiger charge is 2.11. The van der Waals surface area contributed by atoms with Crippen molar-refractivity contribution in [1.82, 2.24) is 15.6 Å². The van der Waals surface area contributed by atoms with Crippen LogP contribution in [0.2, 0.25) is 0 Å². The Bertz CT molecular complexity index is 783. The van der Waals surface area contributed by atoms with Crippen LogP contribution in [0.3, 0.4) is 0 Å². The standard InChI is InChI=1S/C18H25F2N5O2S/c1-5-21-17(23-10-13-11-28-18(24-13)25(2)3)22-9-12-8-14(26-4)6-7-15(12)27-16(19)20/h6-8,11,16H,5,9-10H2,1-4H3,(H2,21,22,23). The van der Waals surface area contributed by atoms with Crippen LogP contribution in [0.15, 0.2) is 28.6 Å². The molecule has 28 heavy (non-hydrogen) atoms. The summed E-state index contributed by atoms with van der Waals surface area (Å²) >= 11 is 1.56. The second-order valence-corrected chi connectivity index (χ2v) is 6.75. The van der Waals surface area contributed by atoms with E-state index in [2.05, 4.69) is 25.3 Å². The fourth-order valence-electron chi connectivity index (χ4n) is 2.28. The molecule has 10 heteroatoms. The summed E-state index contributed by atoms with van der Waals surface area (Å²) in [5.41, 5.74) is 1.39. The zero-order valence-corrected chi connectivity index (χ0v) is 17.1. The number of aliphatic imine (C=N–C) groups is 1. The van der Waals surface area contributed by atoms with E-state index in [0.29, 0.717) is 30.4 Å². The Hall–Kier alpha value is -2.62. The number of nitrogens with zero attached hydrogens (tertiary/aromatic N) is 3. The average molecular weight is 413 g/mol. The predicted octanol–water partition coefficient (Wildman–Crippen LogP) is 3.07. The van der Waals surface area contributed by atoms with Crippen LogP contribution in [0.25, 0.3) is 0 Å². The maximum atomic E-state index is 12.6. The number of guanidine groups is 1. The SMILES string of the molecule is CCNC(=NCc1cc(OC)ccc1OC(F)F)NCc1csc(N(C)C)n1. The molecule has 7 nitrogen and oxygen atoms in total. The highest BCUT2D eigenvalue weighted by Crippen LogP contribution is 2.26. The number of anilines is 1. The van der Waals surface area contributed by atoms with Crippen LogP contribution >= 0.6 is 11.3 Å². The summed E-state index contributed by atoms with van der Waals surface area (Å²) in [4.78, 5) is 10.9. The lowest BCUT2D eigenvalue weighted by atomic mass is 10.2. The van der Waals surface area contributed by atoms with Gasteiger partial charge in [-0.15, -0.1) is 11.3 Å². The molecular formula is C18H25F2N5O2S. The molecular weight excluding hydrogens is 388 g/mol. The van der Waals surface area contributed by atoms with Crippen LogP contribution < -0.4 is 25.0 Å². The second-order valence-electron chi connectivity index (χ2n) is 5.92. The van der Waals surface area contributed by atoms with Gasteiger partial charge in [-0.05, 0) is 25.1 Å². The highest BCUT2D eigenvalue weighted by atomic mass is 32.1. The molecule has 2 aromatic rings. The van der Waals surface area contributed by atoms with Crippen molar-refractivity contribution in [2.45, 2.75) is 26.6 Å². The van der Waals surface area contributed by atoms with Crippen molar-refractivity contribution < 1.29 is 18.3 Å². The summed E-state index contributed by atoms with van der Waals surface area (Å²) < 4.78 is 35.0. The molecule has 0 aliphatic heterocycles. The lowest BCUT2D eigenvalue weighted by molar-refractivity contribution is -0.0504. The zero-order valence-electron chi connectivity index (χ0n) is 16.3. The molecule has 2 N–H and O–H groups in total. The van der Waals surface area contributed by atoms with Crippen molar-refractivity contribution in [2.24, 2.45) is 4.99 Å². The molecule has 0 atom stereocenters. The molecule has 2 rings (SSSR count). The highest BCUT2D eigenvalue weighted by molar-refractivity contribution is 7.13. The van der Waals surface area contributed by atoms with Crippen molar-refractivity contribution in [2.75, 3.05) is 32.6 Å². The Kier molecular flexibility index (Phi) is 8.24. The van der Waals surface area contributed by atoms with Gasteiger partial charge in [-0.25, -0.2) is 9.98 Å². The number of alkyl halides is 2. The van der Waals surface area contributed by atoms with E-state index in [-0.39, 0.29) is 12.3 Å². The number of hydrogen-bond acceptors (Lipinski definition) is 6. The molecule has 154 valence electrons. The minimum Gasteiger partial charge on any atom is -0.497 e. The van der Waals surface area contributed by atoms with Crippen LogP contribution in [-0.4, -0.2) is 45.3 Å². The third kappa shape index (κ3) is 6.52. The van der Waals surface area contributed by atoms with E-state index in [9.17, 15) is 8.78 Å². The molecule has 0 aliphatic carbocycles. The molecule has 0 saturated carbocycles. The fraction of sp³-hybridized carbons (Fsp3) is 0.444. The third-order valence-corrected chi connectivity index (χ3v) is 4.65. The smallest absolute Gasteiger partial charge is 0.387 e. The number of hydrogen-bond donors (Lipinski definition) is 2. The van der Waals surface area contributed by atoms with E-state index >= 15 is 0 Å². The van der Waals surface area contributed by atoms with Crippen LogP contribution in [-0.2, 0) is 13.1 Å². The van der Waals surface area contributed by atoms with E-state index in [0.717, 1.165) is 10.8 Å². The molecule has 0 amide bonds. The second kappa shape index (κ2) is 10.6. The van der Waals surface area contributed by atoms with Crippen molar-refractivity contribution in [3.63, 3.8) is 0 Å². The van der Waals surface area contributed by atoms with Gasteiger partial charge in [0.15, 0.2) is 11.1 Å². The molecule has 0 aliphatic rings. The van der Waals surface area contributed by atoms with Gasteiger partial charge < -0.3 is 25.0 Å². The topological polar surface area (TPSA) is 71.0 Å². The van der Waals surface area contributed by atoms with Gasteiger partial charge in [0.2, 0.25) is 0 Å². The molecule has 1 aromatic carbocycles.